The molecule has 16 heavy (non-hydrogen) atoms. The summed E-state index contributed by atoms with van der Waals surface area (Å²) < 4.78 is 5.22. The van der Waals surface area contributed by atoms with Gasteiger partial charge in [0.05, 0.1) is 12.8 Å². The fraction of sp³-hybridized carbons (Fsp3) is 0.615. The largest absolute Gasteiger partial charge is 0.480 e. The topological polar surface area (TPSA) is 34.2 Å². The number of hydrogen-bond acceptors (Lipinski definition) is 3. The van der Waals surface area contributed by atoms with Crippen LogP contribution in [0.15, 0.2) is 18.3 Å². The predicted octanol–water partition coefficient (Wildman–Crippen LogP) is 3.47. The number of rotatable bonds is 7. The standard InChI is InChI=1S/C13H22N2O/c1-4-6-8-11(5-2)15-12-9-7-10-14-13(12)16-3/h7,9-11,15H,4-6,8H2,1-3H3. The second-order valence-corrected chi connectivity index (χ2v) is 3.95. The van der Waals surface area contributed by atoms with Gasteiger partial charge in [0.15, 0.2) is 0 Å². The molecule has 0 spiro atoms. The van der Waals surface area contributed by atoms with Crippen LogP contribution in [-0.2, 0) is 0 Å². The van der Waals surface area contributed by atoms with Gasteiger partial charge in [-0.3, -0.25) is 0 Å². The molecule has 0 aliphatic rings. The number of aromatic nitrogens is 1. The monoisotopic (exact) mass is 222 g/mol. The number of nitrogens with one attached hydrogen (secondary N) is 1. The van der Waals surface area contributed by atoms with E-state index in [0.29, 0.717) is 11.9 Å². The molecule has 1 unspecified atom stereocenters. The summed E-state index contributed by atoms with van der Waals surface area (Å²) in [5.74, 6) is 0.678. The molecule has 0 aromatic carbocycles. The van der Waals surface area contributed by atoms with E-state index in [2.05, 4.69) is 24.1 Å². The van der Waals surface area contributed by atoms with Gasteiger partial charge >= 0.3 is 0 Å². The van der Waals surface area contributed by atoms with Crippen molar-refractivity contribution < 1.29 is 4.74 Å². The van der Waals surface area contributed by atoms with Gasteiger partial charge in [0.1, 0.15) is 0 Å². The molecule has 3 nitrogen and oxygen atoms in total. The number of ether oxygens (including phenoxy) is 1. The third-order valence-electron chi connectivity index (χ3n) is 2.72. The number of pyridine rings is 1. The zero-order chi connectivity index (χ0) is 11.8. The molecule has 0 fully saturated rings. The van der Waals surface area contributed by atoms with Crippen molar-refractivity contribution in [1.29, 1.82) is 0 Å². The number of anilines is 1. The van der Waals surface area contributed by atoms with Gasteiger partial charge in [-0.15, -0.1) is 0 Å². The van der Waals surface area contributed by atoms with Crippen molar-refractivity contribution >= 4 is 5.69 Å². The van der Waals surface area contributed by atoms with Crippen molar-refractivity contribution in [1.82, 2.24) is 4.98 Å². The maximum atomic E-state index is 5.22. The number of unbranched alkanes of at least 4 members (excludes halogenated alkanes) is 1. The van der Waals surface area contributed by atoms with E-state index in [1.165, 1.54) is 19.3 Å². The smallest absolute Gasteiger partial charge is 0.237 e. The molecular formula is C13H22N2O. The molecule has 0 radical (unpaired) electrons. The Balaban J connectivity index is 2.62. The first-order valence-electron chi connectivity index (χ1n) is 6.07. The zero-order valence-corrected chi connectivity index (χ0v) is 10.5. The molecule has 0 aliphatic carbocycles. The molecule has 3 heteroatoms. The summed E-state index contributed by atoms with van der Waals surface area (Å²) in [6, 6.07) is 4.45. The van der Waals surface area contributed by atoms with E-state index in [4.69, 9.17) is 4.74 Å². The van der Waals surface area contributed by atoms with Gasteiger partial charge in [0, 0.05) is 12.2 Å². The molecule has 1 rings (SSSR count). The highest BCUT2D eigenvalue weighted by Gasteiger charge is 2.09. The molecule has 0 saturated carbocycles. The molecule has 1 aromatic heterocycles. The Morgan fingerprint density at radius 1 is 1.44 bits per heavy atom. The van der Waals surface area contributed by atoms with Crippen LogP contribution >= 0.6 is 0 Å². The fourth-order valence-electron chi connectivity index (χ4n) is 1.71. The van der Waals surface area contributed by atoms with Crippen LogP contribution in [0.5, 0.6) is 5.88 Å². The van der Waals surface area contributed by atoms with Crippen LogP contribution in [0.4, 0.5) is 5.69 Å². The Morgan fingerprint density at radius 2 is 2.25 bits per heavy atom. The lowest BCUT2D eigenvalue weighted by atomic mass is 10.1. The number of methoxy groups -OCH3 is 1. The number of hydrogen-bond donors (Lipinski definition) is 1. The highest BCUT2D eigenvalue weighted by Crippen LogP contribution is 2.22. The summed E-state index contributed by atoms with van der Waals surface area (Å²) in [7, 11) is 1.65. The highest BCUT2D eigenvalue weighted by molar-refractivity contribution is 5.52. The molecular weight excluding hydrogens is 200 g/mol. The minimum Gasteiger partial charge on any atom is -0.480 e. The Kier molecular flexibility index (Phi) is 5.68. The molecule has 1 aromatic rings. The van der Waals surface area contributed by atoms with Crippen LogP contribution in [-0.4, -0.2) is 18.1 Å². The van der Waals surface area contributed by atoms with Crippen LogP contribution in [0, 0.1) is 0 Å². The van der Waals surface area contributed by atoms with Crippen LogP contribution in [0.3, 0.4) is 0 Å². The Hall–Kier alpha value is -1.25. The Labute approximate surface area is 98.2 Å². The SMILES string of the molecule is CCCCC(CC)Nc1cccnc1OC. The second kappa shape index (κ2) is 7.09. The minimum atomic E-state index is 0.512. The lowest BCUT2D eigenvalue weighted by Gasteiger charge is -2.19. The molecule has 0 saturated heterocycles. The van der Waals surface area contributed by atoms with Crippen molar-refractivity contribution in [2.45, 2.75) is 45.6 Å². The molecule has 90 valence electrons. The summed E-state index contributed by atoms with van der Waals surface area (Å²) in [5.41, 5.74) is 0.993. The molecule has 0 aliphatic heterocycles. The van der Waals surface area contributed by atoms with Gasteiger partial charge in [0.25, 0.3) is 0 Å². The lowest BCUT2D eigenvalue weighted by molar-refractivity contribution is 0.399. The van der Waals surface area contributed by atoms with E-state index in [1.807, 2.05) is 12.1 Å². The van der Waals surface area contributed by atoms with Gasteiger partial charge < -0.3 is 10.1 Å². The van der Waals surface area contributed by atoms with E-state index in [1.54, 1.807) is 13.3 Å². The van der Waals surface area contributed by atoms with Gasteiger partial charge in [0.2, 0.25) is 5.88 Å². The number of nitrogens with zero attached hydrogens (tertiary/aromatic N) is 1. The predicted molar refractivity (Wildman–Crippen MR) is 68.0 cm³/mol. The lowest BCUT2D eigenvalue weighted by Crippen LogP contribution is -2.18. The van der Waals surface area contributed by atoms with E-state index < -0.39 is 0 Å². The summed E-state index contributed by atoms with van der Waals surface area (Å²) in [6.45, 7) is 4.42. The zero-order valence-electron chi connectivity index (χ0n) is 10.5. The molecule has 1 heterocycles. The fourth-order valence-corrected chi connectivity index (χ4v) is 1.71. The summed E-state index contributed by atoms with van der Waals surface area (Å²) in [5, 5.41) is 3.50. The Bertz CT molecular complexity index is 302. The highest BCUT2D eigenvalue weighted by atomic mass is 16.5. The minimum absolute atomic E-state index is 0.512. The summed E-state index contributed by atoms with van der Waals surface area (Å²) in [6.07, 6.45) is 6.57. The van der Waals surface area contributed by atoms with Crippen molar-refractivity contribution in [2.24, 2.45) is 0 Å². The van der Waals surface area contributed by atoms with Gasteiger partial charge in [-0.05, 0) is 25.0 Å². The summed E-state index contributed by atoms with van der Waals surface area (Å²) in [4.78, 5) is 4.18. The van der Waals surface area contributed by atoms with Gasteiger partial charge in [-0.1, -0.05) is 26.7 Å². The quantitative estimate of drug-likeness (QED) is 0.767. The first-order chi connectivity index (χ1) is 7.81. The average molecular weight is 222 g/mol. The van der Waals surface area contributed by atoms with Crippen molar-refractivity contribution in [3.63, 3.8) is 0 Å². The van der Waals surface area contributed by atoms with Crippen LogP contribution in [0.1, 0.15) is 39.5 Å². The van der Waals surface area contributed by atoms with Gasteiger partial charge in [-0.2, -0.15) is 0 Å². The maximum absolute atomic E-state index is 5.22. The van der Waals surface area contributed by atoms with E-state index in [9.17, 15) is 0 Å². The van der Waals surface area contributed by atoms with Crippen LogP contribution < -0.4 is 10.1 Å². The van der Waals surface area contributed by atoms with Crippen molar-refractivity contribution in [3.05, 3.63) is 18.3 Å². The molecule has 0 bridgehead atoms. The van der Waals surface area contributed by atoms with Crippen LogP contribution in [0.2, 0.25) is 0 Å². The normalized spacial score (nSPS) is 12.2. The first-order valence-corrected chi connectivity index (χ1v) is 6.07. The van der Waals surface area contributed by atoms with Crippen molar-refractivity contribution in [2.75, 3.05) is 12.4 Å². The third kappa shape index (κ3) is 3.72. The van der Waals surface area contributed by atoms with Crippen LogP contribution in [0.25, 0.3) is 0 Å². The van der Waals surface area contributed by atoms with Crippen molar-refractivity contribution in [3.8, 4) is 5.88 Å². The van der Waals surface area contributed by atoms with E-state index in [0.717, 1.165) is 12.1 Å². The average Bonchev–Trinajstić information content (AvgIpc) is 2.34. The second-order valence-electron chi connectivity index (χ2n) is 3.95. The Morgan fingerprint density at radius 3 is 2.88 bits per heavy atom. The molecule has 1 N–H and O–H groups in total. The van der Waals surface area contributed by atoms with Gasteiger partial charge in [-0.25, -0.2) is 4.98 Å². The first kappa shape index (κ1) is 12.8. The third-order valence-corrected chi connectivity index (χ3v) is 2.72. The summed E-state index contributed by atoms with van der Waals surface area (Å²) >= 11 is 0. The molecule has 0 amide bonds. The maximum Gasteiger partial charge on any atom is 0.237 e. The van der Waals surface area contributed by atoms with E-state index >= 15 is 0 Å². The van der Waals surface area contributed by atoms with E-state index in [-0.39, 0.29) is 0 Å². The molecule has 1 atom stereocenters.